The topological polar surface area (TPSA) is 86.8 Å². The van der Waals surface area contributed by atoms with Crippen molar-refractivity contribution in [1.29, 1.82) is 0 Å². The zero-order chi connectivity index (χ0) is 28.9. The van der Waals surface area contributed by atoms with E-state index in [1.165, 1.54) is 23.1 Å². The molecule has 7 nitrogen and oxygen atoms in total. The minimum Gasteiger partial charge on any atom is -0.352 e. The molecule has 0 heterocycles. The van der Waals surface area contributed by atoms with Gasteiger partial charge in [-0.2, -0.15) is 0 Å². The number of anilines is 1. The maximum Gasteiger partial charge on any atom is 0.264 e. The molecule has 208 valence electrons. The Morgan fingerprint density at radius 2 is 1.59 bits per heavy atom. The largest absolute Gasteiger partial charge is 0.352 e. The van der Waals surface area contributed by atoms with E-state index in [0.29, 0.717) is 15.6 Å². The number of rotatable bonds is 10. The Bertz CT molecular complexity index is 1440. The number of nitrogens with one attached hydrogen (secondary N) is 1. The maximum absolute atomic E-state index is 13.9. The molecule has 0 saturated carbocycles. The van der Waals surface area contributed by atoms with Crippen LogP contribution in [0.15, 0.2) is 71.6 Å². The first kappa shape index (κ1) is 30.5. The fourth-order valence-corrected chi connectivity index (χ4v) is 5.72. The molecular formula is C29H33Cl2N3O4S. The molecular weight excluding hydrogens is 557 g/mol. The first-order valence-electron chi connectivity index (χ1n) is 12.5. The van der Waals surface area contributed by atoms with Gasteiger partial charge in [0.25, 0.3) is 10.0 Å². The van der Waals surface area contributed by atoms with Crippen LogP contribution in [-0.2, 0) is 26.2 Å². The van der Waals surface area contributed by atoms with Crippen LogP contribution >= 0.6 is 23.2 Å². The second-order valence-electron chi connectivity index (χ2n) is 9.75. The van der Waals surface area contributed by atoms with E-state index in [9.17, 15) is 18.0 Å². The van der Waals surface area contributed by atoms with Crippen molar-refractivity contribution < 1.29 is 18.0 Å². The first-order valence-corrected chi connectivity index (χ1v) is 14.7. The number of aryl methyl sites for hydroxylation is 2. The van der Waals surface area contributed by atoms with E-state index in [0.717, 1.165) is 15.4 Å². The zero-order valence-corrected chi connectivity index (χ0v) is 24.9. The molecule has 3 rings (SSSR count). The number of amides is 2. The molecule has 1 N–H and O–H groups in total. The van der Waals surface area contributed by atoms with Gasteiger partial charge < -0.3 is 10.2 Å². The Kier molecular flexibility index (Phi) is 10.0. The lowest BCUT2D eigenvalue weighted by Crippen LogP contribution is -2.52. The van der Waals surface area contributed by atoms with Gasteiger partial charge in [0, 0.05) is 22.6 Å². The molecule has 1 atom stereocenters. The molecule has 0 spiro atoms. The lowest BCUT2D eigenvalue weighted by Gasteiger charge is -2.32. The summed E-state index contributed by atoms with van der Waals surface area (Å²) in [6, 6.07) is 17.1. The highest BCUT2D eigenvalue weighted by atomic mass is 35.5. The number of benzene rings is 3. The lowest BCUT2D eigenvalue weighted by atomic mass is 10.1. The third-order valence-electron chi connectivity index (χ3n) is 6.17. The fraction of sp³-hybridized carbons (Fsp3) is 0.310. The molecule has 0 radical (unpaired) electrons. The Balaban J connectivity index is 2.06. The summed E-state index contributed by atoms with van der Waals surface area (Å²) >= 11 is 12.5. The Morgan fingerprint density at radius 1 is 0.923 bits per heavy atom. The molecule has 1 unspecified atom stereocenters. The smallest absolute Gasteiger partial charge is 0.264 e. The van der Waals surface area contributed by atoms with Crippen LogP contribution in [0.5, 0.6) is 0 Å². The number of carbonyl (C=O) groups excluding carboxylic acids is 2. The molecule has 10 heteroatoms. The van der Waals surface area contributed by atoms with Crippen LogP contribution in [0.4, 0.5) is 5.69 Å². The fourth-order valence-electron chi connectivity index (χ4n) is 3.92. The van der Waals surface area contributed by atoms with Gasteiger partial charge in [-0.1, -0.05) is 59.1 Å². The molecule has 0 bridgehead atoms. The summed E-state index contributed by atoms with van der Waals surface area (Å²) in [6.07, 6.45) is 0. The Labute approximate surface area is 240 Å². The molecule has 0 aliphatic carbocycles. The second-order valence-corrected chi connectivity index (χ2v) is 12.5. The van der Waals surface area contributed by atoms with Gasteiger partial charge in [0.1, 0.15) is 12.6 Å². The SMILES string of the molecule is Cc1ccc(S(=O)(=O)N(CC(=O)N(Cc2cccc(Cl)c2)C(C)C(=O)NC(C)C)c2ccc(C)c(Cl)c2)cc1. The minimum absolute atomic E-state index is 0.0320. The van der Waals surface area contributed by atoms with Crippen molar-refractivity contribution in [3.05, 3.63) is 93.5 Å². The van der Waals surface area contributed by atoms with Crippen molar-refractivity contribution in [2.45, 2.75) is 58.1 Å². The highest BCUT2D eigenvalue weighted by Gasteiger charge is 2.33. The highest BCUT2D eigenvalue weighted by Crippen LogP contribution is 2.29. The standard InChI is InChI=1S/C29H33Cl2N3O4S/c1-19(2)32-29(36)22(5)33(17-23-7-6-8-24(30)15-23)28(35)18-34(25-12-11-21(4)27(31)16-25)39(37,38)26-13-9-20(3)10-14-26/h6-16,19,22H,17-18H2,1-5H3,(H,32,36). The van der Waals surface area contributed by atoms with E-state index in [4.69, 9.17) is 23.2 Å². The van der Waals surface area contributed by atoms with Crippen LogP contribution in [0.25, 0.3) is 0 Å². The van der Waals surface area contributed by atoms with Crippen LogP contribution in [0, 0.1) is 13.8 Å². The van der Waals surface area contributed by atoms with Crippen molar-refractivity contribution in [2.24, 2.45) is 0 Å². The molecule has 0 aliphatic rings. The summed E-state index contributed by atoms with van der Waals surface area (Å²) in [5.74, 6) is -0.916. The van der Waals surface area contributed by atoms with Gasteiger partial charge in [-0.25, -0.2) is 8.42 Å². The summed E-state index contributed by atoms with van der Waals surface area (Å²) in [4.78, 5) is 28.3. The second kappa shape index (κ2) is 12.9. The lowest BCUT2D eigenvalue weighted by molar-refractivity contribution is -0.139. The summed E-state index contributed by atoms with van der Waals surface area (Å²) in [7, 11) is -4.17. The predicted molar refractivity (Wildman–Crippen MR) is 157 cm³/mol. The summed E-state index contributed by atoms with van der Waals surface area (Å²) < 4.78 is 28.8. The van der Waals surface area contributed by atoms with Crippen molar-refractivity contribution in [1.82, 2.24) is 10.2 Å². The number of nitrogens with zero attached hydrogens (tertiary/aromatic N) is 2. The normalized spacial score (nSPS) is 12.2. The summed E-state index contributed by atoms with van der Waals surface area (Å²) in [5, 5.41) is 3.68. The molecule has 0 aromatic heterocycles. The van der Waals surface area contributed by atoms with E-state index >= 15 is 0 Å². The third kappa shape index (κ3) is 7.75. The van der Waals surface area contributed by atoms with Crippen molar-refractivity contribution in [2.75, 3.05) is 10.8 Å². The average molecular weight is 591 g/mol. The molecule has 0 fully saturated rings. The van der Waals surface area contributed by atoms with Crippen LogP contribution in [0.2, 0.25) is 10.0 Å². The average Bonchev–Trinajstić information content (AvgIpc) is 2.87. The molecule has 39 heavy (non-hydrogen) atoms. The quantitative estimate of drug-likeness (QED) is 0.326. The maximum atomic E-state index is 13.9. The Morgan fingerprint density at radius 3 is 2.18 bits per heavy atom. The van der Waals surface area contributed by atoms with E-state index in [1.807, 2.05) is 20.8 Å². The van der Waals surface area contributed by atoms with Crippen molar-refractivity contribution in [3.8, 4) is 0 Å². The van der Waals surface area contributed by atoms with E-state index in [2.05, 4.69) is 5.32 Å². The van der Waals surface area contributed by atoms with E-state index in [1.54, 1.807) is 62.4 Å². The number of halogens is 2. The van der Waals surface area contributed by atoms with Crippen LogP contribution in [0.3, 0.4) is 0 Å². The first-order chi connectivity index (χ1) is 18.3. The summed E-state index contributed by atoms with van der Waals surface area (Å²) in [5.41, 5.74) is 2.60. The third-order valence-corrected chi connectivity index (χ3v) is 8.60. The van der Waals surface area contributed by atoms with Gasteiger partial charge in [-0.3, -0.25) is 13.9 Å². The summed E-state index contributed by atoms with van der Waals surface area (Å²) in [6.45, 7) is 8.43. The van der Waals surface area contributed by atoms with Gasteiger partial charge in [0.05, 0.1) is 10.6 Å². The molecule has 3 aromatic carbocycles. The number of hydrogen-bond donors (Lipinski definition) is 1. The highest BCUT2D eigenvalue weighted by molar-refractivity contribution is 7.92. The van der Waals surface area contributed by atoms with E-state index in [-0.39, 0.29) is 29.1 Å². The van der Waals surface area contributed by atoms with Gasteiger partial charge in [-0.15, -0.1) is 0 Å². The number of sulfonamides is 1. The van der Waals surface area contributed by atoms with Crippen molar-refractivity contribution in [3.63, 3.8) is 0 Å². The minimum atomic E-state index is -4.17. The monoisotopic (exact) mass is 589 g/mol. The zero-order valence-electron chi connectivity index (χ0n) is 22.6. The van der Waals surface area contributed by atoms with Gasteiger partial charge in [0.15, 0.2) is 0 Å². The van der Waals surface area contributed by atoms with Crippen molar-refractivity contribution >= 4 is 50.7 Å². The Hall–Kier alpha value is -3.07. The van der Waals surface area contributed by atoms with Gasteiger partial charge in [-0.05, 0) is 82.1 Å². The molecule has 2 amide bonds. The van der Waals surface area contributed by atoms with Crippen LogP contribution < -0.4 is 9.62 Å². The molecule has 0 saturated heterocycles. The number of carbonyl (C=O) groups is 2. The van der Waals surface area contributed by atoms with E-state index < -0.39 is 28.5 Å². The van der Waals surface area contributed by atoms with Crippen LogP contribution in [-0.4, -0.2) is 43.8 Å². The predicted octanol–water partition coefficient (Wildman–Crippen LogP) is 5.75. The number of hydrogen-bond acceptors (Lipinski definition) is 4. The van der Waals surface area contributed by atoms with Gasteiger partial charge >= 0.3 is 0 Å². The molecule has 3 aromatic rings. The van der Waals surface area contributed by atoms with Crippen LogP contribution in [0.1, 0.15) is 37.5 Å². The van der Waals surface area contributed by atoms with Gasteiger partial charge in [0.2, 0.25) is 11.8 Å². The molecule has 0 aliphatic heterocycles.